The Morgan fingerprint density at radius 3 is 2.90 bits per heavy atom. The Kier molecular flexibility index (Phi) is 3.60. The highest BCUT2D eigenvalue weighted by molar-refractivity contribution is 7.08. The van der Waals surface area contributed by atoms with E-state index in [1.54, 1.807) is 35.4 Å². The molecule has 5 heteroatoms. The minimum atomic E-state index is -0.378. The number of pyridine rings is 1. The summed E-state index contributed by atoms with van der Waals surface area (Å²) in [5.74, 6) is -0.121. The lowest BCUT2D eigenvalue weighted by Crippen LogP contribution is -2.40. The monoisotopic (exact) mass is 286 g/mol. The molecule has 2 aromatic heterocycles. The van der Waals surface area contributed by atoms with Crippen LogP contribution in [0.5, 0.6) is 0 Å². The van der Waals surface area contributed by atoms with Crippen LogP contribution in [0.2, 0.25) is 0 Å². The van der Waals surface area contributed by atoms with Crippen LogP contribution in [0.25, 0.3) is 0 Å². The Morgan fingerprint density at radius 2 is 2.20 bits per heavy atom. The SMILES string of the molecule is O=C(c1ccccn1)C1CCCN1C(=O)c1ccsc1. The normalized spacial score (nSPS) is 18.2. The number of hydrogen-bond donors (Lipinski definition) is 0. The molecule has 4 nitrogen and oxygen atoms in total. The molecule has 1 atom stereocenters. The van der Waals surface area contributed by atoms with Crippen molar-refractivity contribution in [2.45, 2.75) is 18.9 Å². The van der Waals surface area contributed by atoms with E-state index in [1.807, 2.05) is 10.8 Å². The third kappa shape index (κ3) is 2.36. The summed E-state index contributed by atoms with van der Waals surface area (Å²) in [6.07, 6.45) is 3.18. The standard InChI is InChI=1S/C15H14N2O2S/c18-14(12-4-1-2-7-16-12)13-5-3-8-17(13)15(19)11-6-9-20-10-11/h1-2,4,6-7,9-10,13H,3,5,8H2. The molecule has 1 aliphatic rings. The molecule has 0 N–H and O–H groups in total. The van der Waals surface area contributed by atoms with Crippen LogP contribution < -0.4 is 0 Å². The molecule has 20 heavy (non-hydrogen) atoms. The summed E-state index contributed by atoms with van der Waals surface area (Å²) in [5, 5.41) is 3.70. The summed E-state index contributed by atoms with van der Waals surface area (Å²) in [6.45, 7) is 0.637. The van der Waals surface area contributed by atoms with E-state index in [0.717, 1.165) is 6.42 Å². The minimum absolute atomic E-state index is 0.0574. The van der Waals surface area contributed by atoms with E-state index in [1.165, 1.54) is 11.3 Å². The van der Waals surface area contributed by atoms with Gasteiger partial charge in [0.05, 0.1) is 11.6 Å². The van der Waals surface area contributed by atoms with Gasteiger partial charge in [0.25, 0.3) is 5.91 Å². The average molecular weight is 286 g/mol. The average Bonchev–Trinajstić information content (AvgIpc) is 3.18. The third-order valence-electron chi connectivity index (χ3n) is 3.50. The molecule has 1 fully saturated rings. The van der Waals surface area contributed by atoms with Crippen LogP contribution in [0.3, 0.4) is 0 Å². The Bertz CT molecular complexity index is 610. The van der Waals surface area contributed by atoms with Crippen LogP contribution in [0.1, 0.15) is 33.7 Å². The van der Waals surface area contributed by atoms with E-state index in [9.17, 15) is 9.59 Å². The largest absolute Gasteiger partial charge is 0.328 e. The first-order valence-corrected chi connectivity index (χ1v) is 7.50. The van der Waals surface area contributed by atoms with Gasteiger partial charge in [-0.05, 0) is 36.4 Å². The molecular formula is C15H14N2O2S. The molecule has 2 aromatic rings. The van der Waals surface area contributed by atoms with Crippen LogP contribution in [0.4, 0.5) is 0 Å². The lowest BCUT2D eigenvalue weighted by Gasteiger charge is -2.23. The van der Waals surface area contributed by atoms with E-state index < -0.39 is 0 Å². The van der Waals surface area contributed by atoms with E-state index in [4.69, 9.17) is 0 Å². The number of carbonyl (C=O) groups is 2. The molecule has 3 heterocycles. The maximum atomic E-state index is 12.5. The van der Waals surface area contributed by atoms with Gasteiger partial charge in [-0.15, -0.1) is 0 Å². The number of carbonyl (C=O) groups excluding carboxylic acids is 2. The zero-order valence-corrected chi connectivity index (χ0v) is 11.7. The number of nitrogens with zero attached hydrogens (tertiary/aromatic N) is 2. The predicted octanol–water partition coefficient (Wildman–Crippen LogP) is 2.63. The van der Waals surface area contributed by atoms with Crippen LogP contribution >= 0.6 is 11.3 Å². The zero-order chi connectivity index (χ0) is 13.9. The molecular weight excluding hydrogens is 272 g/mol. The lowest BCUT2D eigenvalue weighted by molar-refractivity contribution is 0.0670. The maximum absolute atomic E-state index is 12.5. The van der Waals surface area contributed by atoms with Gasteiger partial charge in [-0.2, -0.15) is 11.3 Å². The fourth-order valence-corrected chi connectivity index (χ4v) is 3.14. The summed E-state index contributed by atoms with van der Waals surface area (Å²) in [4.78, 5) is 30.7. The molecule has 0 aliphatic carbocycles. The first-order chi connectivity index (χ1) is 9.77. The summed E-state index contributed by atoms with van der Waals surface area (Å²) in [6, 6.07) is 6.69. The lowest BCUT2D eigenvalue weighted by atomic mass is 10.1. The van der Waals surface area contributed by atoms with Gasteiger partial charge in [-0.25, -0.2) is 0 Å². The van der Waals surface area contributed by atoms with Crippen LogP contribution in [-0.4, -0.2) is 34.2 Å². The fraction of sp³-hybridized carbons (Fsp3) is 0.267. The third-order valence-corrected chi connectivity index (χ3v) is 4.19. The molecule has 0 radical (unpaired) electrons. The second-order valence-electron chi connectivity index (χ2n) is 4.75. The van der Waals surface area contributed by atoms with Crippen LogP contribution in [0.15, 0.2) is 41.2 Å². The summed E-state index contributed by atoms with van der Waals surface area (Å²) in [7, 11) is 0. The first kappa shape index (κ1) is 13.0. The van der Waals surface area contributed by atoms with Gasteiger partial charge in [0.1, 0.15) is 5.69 Å². The van der Waals surface area contributed by atoms with E-state index in [2.05, 4.69) is 4.98 Å². The molecule has 0 aromatic carbocycles. The highest BCUT2D eigenvalue weighted by atomic mass is 32.1. The maximum Gasteiger partial charge on any atom is 0.255 e. The molecule has 0 saturated carbocycles. The van der Waals surface area contributed by atoms with Gasteiger partial charge in [0.2, 0.25) is 5.78 Å². The van der Waals surface area contributed by atoms with Crippen molar-refractivity contribution in [2.24, 2.45) is 0 Å². The Labute approximate surface area is 121 Å². The number of hydrogen-bond acceptors (Lipinski definition) is 4. The second kappa shape index (κ2) is 5.54. The molecule has 1 unspecified atom stereocenters. The van der Waals surface area contributed by atoms with Crippen LogP contribution in [0, 0.1) is 0 Å². The molecule has 3 rings (SSSR count). The van der Waals surface area contributed by atoms with Crippen molar-refractivity contribution in [1.29, 1.82) is 0 Å². The number of aromatic nitrogens is 1. The topological polar surface area (TPSA) is 50.3 Å². The van der Waals surface area contributed by atoms with Crippen molar-refractivity contribution in [3.63, 3.8) is 0 Å². The van der Waals surface area contributed by atoms with Gasteiger partial charge < -0.3 is 4.90 Å². The van der Waals surface area contributed by atoms with Gasteiger partial charge in [-0.1, -0.05) is 6.07 Å². The minimum Gasteiger partial charge on any atom is -0.328 e. The highest BCUT2D eigenvalue weighted by Gasteiger charge is 2.35. The van der Waals surface area contributed by atoms with E-state index >= 15 is 0 Å². The number of ketones is 1. The number of likely N-dealkylation sites (tertiary alicyclic amines) is 1. The smallest absolute Gasteiger partial charge is 0.255 e. The molecule has 1 amide bonds. The summed E-state index contributed by atoms with van der Waals surface area (Å²) >= 11 is 1.49. The van der Waals surface area contributed by atoms with Crippen molar-refractivity contribution in [2.75, 3.05) is 6.54 Å². The van der Waals surface area contributed by atoms with Gasteiger partial charge in [0, 0.05) is 18.1 Å². The van der Waals surface area contributed by atoms with E-state index in [-0.39, 0.29) is 17.7 Å². The van der Waals surface area contributed by atoms with Gasteiger partial charge in [0.15, 0.2) is 0 Å². The Morgan fingerprint density at radius 1 is 1.30 bits per heavy atom. The molecule has 0 spiro atoms. The predicted molar refractivity (Wildman–Crippen MR) is 76.9 cm³/mol. The Balaban J connectivity index is 1.83. The molecule has 1 aliphatic heterocycles. The van der Waals surface area contributed by atoms with Crippen LogP contribution in [-0.2, 0) is 0 Å². The summed E-state index contributed by atoms with van der Waals surface area (Å²) in [5.41, 5.74) is 1.10. The Hall–Kier alpha value is -2.01. The fourth-order valence-electron chi connectivity index (χ4n) is 2.51. The summed E-state index contributed by atoms with van der Waals surface area (Å²) < 4.78 is 0. The molecule has 0 bridgehead atoms. The number of thiophene rings is 1. The quantitative estimate of drug-likeness (QED) is 0.815. The van der Waals surface area contributed by atoms with Crippen molar-refractivity contribution in [3.05, 3.63) is 52.5 Å². The van der Waals surface area contributed by atoms with Gasteiger partial charge in [-0.3, -0.25) is 14.6 Å². The second-order valence-corrected chi connectivity index (χ2v) is 5.53. The number of Topliss-reactive ketones (excluding diaryl/α,β-unsaturated/α-hetero) is 1. The zero-order valence-electron chi connectivity index (χ0n) is 10.9. The van der Waals surface area contributed by atoms with Crippen molar-refractivity contribution < 1.29 is 9.59 Å². The van der Waals surface area contributed by atoms with Gasteiger partial charge >= 0.3 is 0 Å². The van der Waals surface area contributed by atoms with Crippen molar-refractivity contribution in [3.8, 4) is 0 Å². The van der Waals surface area contributed by atoms with Crippen molar-refractivity contribution in [1.82, 2.24) is 9.88 Å². The molecule has 102 valence electrons. The first-order valence-electron chi connectivity index (χ1n) is 6.56. The van der Waals surface area contributed by atoms with E-state index in [0.29, 0.717) is 24.2 Å². The molecule has 1 saturated heterocycles. The number of rotatable bonds is 3. The number of amides is 1. The van der Waals surface area contributed by atoms with Crippen molar-refractivity contribution >= 4 is 23.0 Å². The highest BCUT2D eigenvalue weighted by Crippen LogP contribution is 2.23.